The van der Waals surface area contributed by atoms with Crippen LogP contribution in [-0.2, 0) is 0 Å². The molecule has 0 atom stereocenters. The maximum atomic E-state index is 11.1. The quantitative estimate of drug-likeness (QED) is 0.771. The monoisotopic (exact) mass is 256 g/mol. The second-order valence-electron chi connectivity index (χ2n) is 6.67. The van der Waals surface area contributed by atoms with Crippen molar-refractivity contribution < 1.29 is 9.53 Å². The van der Waals surface area contributed by atoms with Gasteiger partial charge in [0.15, 0.2) is 6.29 Å². The van der Waals surface area contributed by atoms with Gasteiger partial charge in [0, 0.05) is 0 Å². The van der Waals surface area contributed by atoms with Gasteiger partial charge in [-0.2, -0.15) is 0 Å². The Labute approximate surface area is 114 Å². The lowest BCUT2D eigenvalue weighted by Crippen LogP contribution is -2.50. The maximum absolute atomic E-state index is 11.1. The minimum atomic E-state index is 0.355. The lowest BCUT2D eigenvalue weighted by molar-refractivity contribution is -0.0790. The molecule has 4 saturated carbocycles. The Kier molecular flexibility index (Phi) is 2.64. The Morgan fingerprint density at radius 1 is 0.947 bits per heavy atom. The van der Waals surface area contributed by atoms with E-state index in [1.54, 1.807) is 0 Å². The molecule has 0 unspecified atom stereocenters. The van der Waals surface area contributed by atoms with Crippen LogP contribution in [0.4, 0.5) is 0 Å². The molecule has 1 aromatic rings. The summed E-state index contributed by atoms with van der Waals surface area (Å²) >= 11 is 0. The van der Waals surface area contributed by atoms with Crippen LogP contribution in [0.5, 0.6) is 5.75 Å². The van der Waals surface area contributed by atoms with Gasteiger partial charge in [0.1, 0.15) is 11.9 Å². The standard InChI is InChI=1S/C17H20O2/c18-10-13-3-1-2-4-16(13)19-17-14-6-11-5-12(8-14)9-15(17)7-11/h1-4,10-12,14-15,17H,5-9H2. The SMILES string of the molecule is O=Cc1ccccc1OC1C2CC3CC(C2)CC1C3. The van der Waals surface area contributed by atoms with Gasteiger partial charge in [-0.15, -0.1) is 0 Å². The smallest absolute Gasteiger partial charge is 0.153 e. The summed E-state index contributed by atoms with van der Waals surface area (Å²) in [6.45, 7) is 0. The van der Waals surface area contributed by atoms with Crippen LogP contribution in [0.15, 0.2) is 24.3 Å². The average Bonchev–Trinajstić information content (AvgIpc) is 2.42. The van der Waals surface area contributed by atoms with Gasteiger partial charge in [0.25, 0.3) is 0 Å². The molecule has 5 rings (SSSR count). The highest BCUT2D eigenvalue weighted by Gasteiger charge is 2.49. The highest BCUT2D eigenvalue weighted by molar-refractivity contribution is 5.79. The van der Waals surface area contributed by atoms with Crippen LogP contribution < -0.4 is 4.74 Å². The molecule has 2 nitrogen and oxygen atoms in total. The second kappa shape index (κ2) is 4.36. The second-order valence-corrected chi connectivity index (χ2v) is 6.67. The zero-order chi connectivity index (χ0) is 12.8. The predicted octanol–water partition coefficient (Wildman–Crippen LogP) is 3.70. The van der Waals surface area contributed by atoms with Crippen molar-refractivity contribution in [3.63, 3.8) is 0 Å². The van der Waals surface area contributed by atoms with Gasteiger partial charge >= 0.3 is 0 Å². The first-order valence-electron chi connectivity index (χ1n) is 7.54. The number of aldehydes is 1. The molecule has 0 spiro atoms. The Morgan fingerprint density at radius 2 is 1.58 bits per heavy atom. The van der Waals surface area contributed by atoms with E-state index in [4.69, 9.17) is 4.74 Å². The van der Waals surface area contributed by atoms with Gasteiger partial charge in [-0.25, -0.2) is 0 Å². The molecule has 0 amide bonds. The van der Waals surface area contributed by atoms with E-state index >= 15 is 0 Å². The van der Waals surface area contributed by atoms with Gasteiger partial charge in [-0.1, -0.05) is 12.1 Å². The molecule has 4 aliphatic carbocycles. The van der Waals surface area contributed by atoms with Crippen LogP contribution in [0.3, 0.4) is 0 Å². The summed E-state index contributed by atoms with van der Waals surface area (Å²) in [5.74, 6) is 4.18. The minimum Gasteiger partial charge on any atom is -0.489 e. The molecular formula is C17H20O2. The van der Waals surface area contributed by atoms with Crippen molar-refractivity contribution in [2.45, 2.75) is 38.2 Å². The van der Waals surface area contributed by atoms with E-state index in [2.05, 4.69) is 0 Å². The van der Waals surface area contributed by atoms with Crippen molar-refractivity contribution in [2.75, 3.05) is 0 Å². The number of para-hydroxylation sites is 1. The first kappa shape index (κ1) is 11.5. The molecule has 19 heavy (non-hydrogen) atoms. The van der Waals surface area contributed by atoms with Crippen LogP contribution in [-0.4, -0.2) is 12.4 Å². The molecule has 0 saturated heterocycles. The van der Waals surface area contributed by atoms with Gasteiger partial charge in [-0.3, -0.25) is 4.79 Å². The summed E-state index contributed by atoms with van der Waals surface area (Å²) in [5, 5.41) is 0. The molecule has 100 valence electrons. The average molecular weight is 256 g/mol. The fourth-order valence-corrected chi connectivity index (χ4v) is 4.90. The topological polar surface area (TPSA) is 26.3 Å². The molecule has 0 aliphatic heterocycles. The molecule has 4 bridgehead atoms. The van der Waals surface area contributed by atoms with Crippen LogP contribution in [0.25, 0.3) is 0 Å². The normalized spacial score (nSPS) is 39.3. The van der Waals surface area contributed by atoms with E-state index in [9.17, 15) is 4.79 Å². The largest absolute Gasteiger partial charge is 0.489 e. The van der Waals surface area contributed by atoms with Crippen molar-refractivity contribution in [3.05, 3.63) is 29.8 Å². The first-order valence-corrected chi connectivity index (χ1v) is 7.54. The highest BCUT2D eigenvalue weighted by Crippen LogP contribution is 2.54. The minimum absolute atomic E-state index is 0.355. The molecule has 4 aliphatic rings. The van der Waals surface area contributed by atoms with Crippen molar-refractivity contribution in [1.29, 1.82) is 0 Å². The number of hydrogen-bond donors (Lipinski definition) is 0. The van der Waals surface area contributed by atoms with E-state index in [0.29, 0.717) is 11.7 Å². The number of ether oxygens (including phenoxy) is 1. The van der Waals surface area contributed by atoms with Gasteiger partial charge in [0.05, 0.1) is 5.56 Å². The Morgan fingerprint density at radius 3 is 2.21 bits per heavy atom. The number of benzene rings is 1. The molecule has 0 radical (unpaired) electrons. The first-order chi connectivity index (χ1) is 9.33. The predicted molar refractivity (Wildman–Crippen MR) is 73.3 cm³/mol. The van der Waals surface area contributed by atoms with Crippen molar-refractivity contribution in [1.82, 2.24) is 0 Å². The van der Waals surface area contributed by atoms with E-state index in [0.717, 1.165) is 35.7 Å². The number of hydrogen-bond acceptors (Lipinski definition) is 2. The van der Waals surface area contributed by atoms with E-state index < -0.39 is 0 Å². The lowest BCUT2D eigenvalue weighted by Gasteiger charge is -2.53. The molecule has 4 fully saturated rings. The van der Waals surface area contributed by atoms with Crippen LogP contribution >= 0.6 is 0 Å². The van der Waals surface area contributed by atoms with Crippen LogP contribution in [0.2, 0.25) is 0 Å². The third-order valence-corrected chi connectivity index (χ3v) is 5.45. The third kappa shape index (κ3) is 1.89. The van der Waals surface area contributed by atoms with Crippen LogP contribution in [0, 0.1) is 23.7 Å². The van der Waals surface area contributed by atoms with Crippen molar-refractivity contribution >= 4 is 6.29 Å². The Bertz CT molecular complexity index is 466. The fraction of sp³-hybridized carbons (Fsp3) is 0.588. The zero-order valence-corrected chi connectivity index (χ0v) is 11.1. The van der Waals surface area contributed by atoms with E-state index in [1.165, 1.54) is 32.1 Å². The highest BCUT2D eigenvalue weighted by atomic mass is 16.5. The van der Waals surface area contributed by atoms with Gasteiger partial charge in [0.2, 0.25) is 0 Å². The zero-order valence-electron chi connectivity index (χ0n) is 11.1. The number of rotatable bonds is 3. The number of carbonyl (C=O) groups is 1. The van der Waals surface area contributed by atoms with Gasteiger partial charge < -0.3 is 4.74 Å². The molecular weight excluding hydrogens is 236 g/mol. The summed E-state index contributed by atoms with van der Waals surface area (Å²) in [7, 11) is 0. The number of carbonyl (C=O) groups excluding carboxylic acids is 1. The summed E-state index contributed by atoms with van der Waals surface area (Å²) in [5.41, 5.74) is 0.691. The third-order valence-electron chi connectivity index (χ3n) is 5.45. The molecule has 0 heterocycles. The Hall–Kier alpha value is -1.31. The van der Waals surface area contributed by atoms with E-state index in [1.807, 2.05) is 24.3 Å². The summed E-state index contributed by atoms with van der Waals surface area (Å²) in [6, 6.07) is 7.64. The molecule has 0 aromatic heterocycles. The lowest BCUT2D eigenvalue weighted by atomic mass is 9.55. The summed E-state index contributed by atoms with van der Waals surface area (Å²) < 4.78 is 6.28. The molecule has 0 N–H and O–H groups in total. The summed E-state index contributed by atoms with van der Waals surface area (Å²) in [6.07, 6.45) is 8.12. The fourth-order valence-electron chi connectivity index (χ4n) is 4.90. The maximum Gasteiger partial charge on any atom is 0.153 e. The van der Waals surface area contributed by atoms with E-state index in [-0.39, 0.29) is 0 Å². The molecule has 2 heteroatoms. The summed E-state index contributed by atoms with van der Waals surface area (Å²) in [4.78, 5) is 11.1. The molecule has 1 aromatic carbocycles. The van der Waals surface area contributed by atoms with Crippen molar-refractivity contribution in [2.24, 2.45) is 23.7 Å². The van der Waals surface area contributed by atoms with Crippen LogP contribution in [0.1, 0.15) is 42.5 Å². The Balaban J connectivity index is 1.58. The van der Waals surface area contributed by atoms with Crippen molar-refractivity contribution in [3.8, 4) is 5.75 Å². The van der Waals surface area contributed by atoms with Gasteiger partial charge in [-0.05, 0) is 67.9 Å².